The standard InChI is InChI=1S/C13H15ClN2O5/c14-11-2-1-10(16(19)20)7-12(11)21-8-9-3-5-15(6-4-9)13(17)18/h1-2,7,9H,3-6,8H2,(H,17,18). The Morgan fingerprint density at radius 3 is 2.71 bits per heavy atom. The molecule has 0 radical (unpaired) electrons. The summed E-state index contributed by atoms with van der Waals surface area (Å²) in [6.07, 6.45) is 0.508. The van der Waals surface area contributed by atoms with Crippen molar-refractivity contribution in [2.24, 2.45) is 5.92 Å². The monoisotopic (exact) mass is 314 g/mol. The highest BCUT2D eigenvalue weighted by Gasteiger charge is 2.23. The number of halogens is 1. The Balaban J connectivity index is 1.90. The van der Waals surface area contributed by atoms with Crippen LogP contribution in [0.2, 0.25) is 5.02 Å². The van der Waals surface area contributed by atoms with Gasteiger partial charge in [0, 0.05) is 19.2 Å². The number of carbonyl (C=O) groups is 1. The maximum Gasteiger partial charge on any atom is 0.407 e. The molecule has 0 bridgehead atoms. The van der Waals surface area contributed by atoms with Gasteiger partial charge in [-0.05, 0) is 24.8 Å². The Labute approximate surface area is 126 Å². The minimum atomic E-state index is -0.906. The minimum Gasteiger partial charge on any atom is -0.491 e. The van der Waals surface area contributed by atoms with Crippen molar-refractivity contribution in [1.82, 2.24) is 4.90 Å². The number of nitro groups is 1. The molecule has 0 aromatic heterocycles. The van der Waals surface area contributed by atoms with Crippen molar-refractivity contribution in [2.45, 2.75) is 12.8 Å². The van der Waals surface area contributed by atoms with Gasteiger partial charge in [0.05, 0.1) is 22.6 Å². The van der Waals surface area contributed by atoms with Gasteiger partial charge in [0.15, 0.2) is 0 Å². The Morgan fingerprint density at radius 1 is 1.48 bits per heavy atom. The van der Waals surface area contributed by atoms with Crippen molar-refractivity contribution >= 4 is 23.4 Å². The largest absolute Gasteiger partial charge is 0.491 e. The van der Waals surface area contributed by atoms with Gasteiger partial charge in [-0.25, -0.2) is 4.79 Å². The van der Waals surface area contributed by atoms with E-state index in [9.17, 15) is 14.9 Å². The van der Waals surface area contributed by atoms with E-state index in [2.05, 4.69) is 0 Å². The highest BCUT2D eigenvalue weighted by molar-refractivity contribution is 6.32. The lowest BCUT2D eigenvalue weighted by atomic mass is 9.98. The Kier molecular flexibility index (Phi) is 4.85. The number of piperidine rings is 1. The third kappa shape index (κ3) is 3.98. The van der Waals surface area contributed by atoms with Gasteiger partial charge < -0.3 is 14.7 Å². The van der Waals surface area contributed by atoms with E-state index >= 15 is 0 Å². The molecule has 1 heterocycles. The van der Waals surface area contributed by atoms with Gasteiger partial charge in [-0.15, -0.1) is 0 Å². The van der Waals surface area contributed by atoms with Crippen LogP contribution in [0.1, 0.15) is 12.8 Å². The van der Waals surface area contributed by atoms with Crippen molar-refractivity contribution in [3.63, 3.8) is 0 Å². The van der Waals surface area contributed by atoms with Crippen LogP contribution >= 0.6 is 11.6 Å². The molecule has 1 aliphatic rings. The number of rotatable bonds is 4. The van der Waals surface area contributed by atoms with Crippen LogP contribution in [0.5, 0.6) is 5.75 Å². The summed E-state index contributed by atoms with van der Waals surface area (Å²) in [4.78, 5) is 22.4. The van der Waals surface area contributed by atoms with Crippen LogP contribution < -0.4 is 4.74 Å². The first-order chi connectivity index (χ1) is 9.97. The third-order valence-corrected chi connectivity index (χ3v) is 3.80. The molecule has 8 heteroatoms. The van der Waals surface area contributed by atoms with E-state index in [0.29, 0.717) is 37.6 Å². The molecule has 1 amide bonds. The van der Waals surface area contributed by atoms with Crippen molar-refractivity contribution in [1.29, 1.82) is 0 Å². The number of benzene rings is 1. The number of hydrogen-bond donors (Lipinski definition) is 1. The molecule has 0 aliphatic carbocycles. The summed E-state index contributed by atoms with van der Waals surface area (Å²) in [6, 6.07) is 4.05. The molecule has 1 saturated heterocycles. The van der Waals surface area contributed by atoms with E-state index in [0.717, 1.165) is 0 Å². The van der Waals surface area contributed by atoms with E-state index < -0.39 is 11.0 Å². The summed E-state index contributed by atoms with van der Waals surface area (Å²) in [7, 11) is 0. The number of non-ortho nitro benzene ring substituents is 1. The molecule has 114 valence electrons. The lowest BCUT2D eigenvalue weighted by Crippen LogP contribution is -2.38. The summed E-state index contributed by atoms with van der Waals surface area (Å²) in [6.45, 7) is 1.33. The lowest BCUT2D eigenvalue weighted by Gasteiger charge is -2.29. The maximum atomic E-state index is 10.8. The van der Waals surface area contributed by atoms with Crippen LogP contribution in [-0.4, -0.2) is 40.7 Å². The predicted octanol–water partition coefficient (Wildman–Crippen LogP) is 3.02. The van der Waals surface area contributed by atoms with E-state index in [1.165, 1.54) is 23.1 Å². The normalized spacial score (nSPS) is 15.8. The average molecular weight is 315 g/mol. The Bertz CT molecular complexity index is 543. The molecule has 21 heavy (non-hydrogen) atoms. The van der Waals surface area contributed by atoms with Crippen molar-refractivity contribution in [3.05, 3.63) is 33.3 Å². The van der Waals surface area contributed by atoms with Gasteiger partial charge in [-0.1, -0.05) is 11.6 Å². The zero-order valence-corrected chi connectivity index (χ0v) is 12.0. The molecule has 0 atom stereocenters. The molecular weight excluding hydrogens is 300 g/mol. The second-order valence-corrected chi connectivity index (χ2v) is 5.30. The fourth-order valence-corrected chi connectivity index (χ4v) is 2.39. The molecule has 7 nitrogen and oxygen atoms in total. The van der Waals surface area contributed by atoms with Gasteiger partial charge in [0.25, 0.3) is 5.69 Å². The predicted molar refractivity (Wildman–Crippen MR) is 75.9 cm³/mol. The molecule has 1 aromatic carbocycles. The Hall–Kier alpha value is -2.02. The number of nitro benzene ring substituents is 1. The third-order valence-electron chi connectivity index (χ3n) is 3.49. The van der Waals surface area contributed by atoms with Gasteiger partial charge in [-0.3, -0.25) is 10.1 Å². The van der Waals surface area contributed by atoms with Gasteiger partial charge in [0.1, 0.15) is 5.75 Å². The van der Waals surface area contributed by atoms with Crippen molar-refractivity contribution < 1.29 is 19.6 Å². The summed E-state index contributed by atoms with van der Waals surface area (Å²) in [5, 5.41) is 19.9. The first kappa shape index (κ1) is 15.4. The zero-order chi connectivity index (χ0) is 15.4. The second-order valence-electron chi connectivity index (χ2n) is 4.90. The van der Waals surface area contributed by atoms with Crippen LogP contribution in [0.15, 0.2) is 18.2 Å². The molecular formula is C13H15ClN2O5. The highest BCUT2D eigenvalue weighted by Crippen LogP contribution is 2.30. The number of amides is 1. The highest BCUT2D eigenvalue weighted by atomic mass is 35.5. The number of likely N-dealkylation sites (tertiary alicyclic amines) is 1. The summed E-state index contributed by atoms with van der Waals surface area (Å²) in [5.41, 5.74) is -0.0740. The summed E-state index contributed by atoms with van der Waals surface area (Å²) >= 11 is 5.95. The fraction of sp³-hybridized carbons (Fsp3) is 0.462. The SMILES string of the molecule is O=C(O)N1CCC(COc2cc([N+](=O)[O-])ccc2Cl)CC1. The van der Waals surface area contributed by atoms with E-state index in [1.807, 2.05) is 0 Å². The molecule has 0 spiro atoms. The van der Waals surface area contributed by atoms with Crippen molar-refractivity contribution in [2.75, 3.05) is 19.7 Å². The van der Waals surface area contributed by atoms with Crippen LogP contribution in [-0.2, 0) is 0 Å². The number of nitrogens with zero attached hydrogens (tertiary/aromatic N) is 2. The van der Waals surface area contributed by atoms with Crippen LogP contribution in [0.3, 0.4) is 0 Å². The first-order valence-corrected chi connectivity index (χ1v) is 6.90. The zero-order valence-electron chi connectivity index (χ0n) is 11.2. The van der Waals surface area contributed by atoms with Crippen LogP contribution in [0.25, 0.3) is 0 Å². The molecule has 2 rings (SSSR count). The molecule has 0 unspecified atom stereocenters. The van der Waals surface area contributed by atoms with Crippen LogP contribution in [0, 0.1) is 16.0 Å². The fourth-order valence-electron chi connectivity index (χ4n) is 2.21. The summed E-state index contributed by atoms with van der Waals surface area (Å²) in [5.74, 6) is 0.502. The van der Waals surface area contributed by atoms with Crippen LogP contribution in [0.4, 0.5) is 10.5 Å². The minimum absolute atomic E-state index is 0.0740. The van der Waals surface area contributed by atoms with Gasteiger partial charge in [0.2, 0.25) is 0 Å². The first-order valence-electron chi connectivity index (χ1n) is 6.52. The lowest BCUT2D eigenvalue weighted by molar-refractivity contribution is -0.384. The maximum absolute atomic E-state index is 10.8. The second kappa shape index (κ2) is 6.62. The van der Waals surface area contributed by atoms with Gasteiger partial charge >= 0.3 is 6.09 Å². The number of carboxylic acid groups (broad SMARTS) is 1. The smallest absolute Gasteiger partial charge is 0.407 e. The van der Waals surface area contributed by atoms with E-state index in [-0.39, 0.29) is 17.4 Å². The average Bonchev–Trinajstić information content (AvgIpc) is 2.46. The molecule has 0 saturated carbocycles. The molecule has 1 aliphatic heterocycles. The Morgan fingerprint density at radius 2 is 2.14 bits per heavy atom. The quantitative estimate of drug-likeness (QED) is 0.681. The van der Waals surface area contributed by atoms with E-state index in [4.69, 9.17) is 21.4 Å². The molecule has 1 N–H and O–H groups in total. The van der Waals surface area contributed by atoms with Crippen molar-refractivity contribution in [3.8, 4) is 5.75 Å². The van der Waals surface area contributed by atoms with Gasteiger partial charge in [-0.2, -0.15) is 0 Å². The number of ether oxygens (including phenoxy) is 1. The van der Waals surface area contributed by atoms with E-state index in [1.54, 1.807) is 0 Å². The summed E-state index contributed by atoms with van der Waals surface area (Å²) < 4.78 is 5.56. The molecule has 1 aromatic rings. The number of hydrogen-bond acceptors (Lipinski definition) is 4. The molecule has 1 fully saturated rings. The topological polar surface area (TPSA) is 92.9 Å².